The molecule has 16 heavy (non-hydrogen) atoms. The number of halogens is 1. The second kappa shape index (κ2) is 5.46. The largest absolute Gasteiger partial charge is 0.396 e. The Labute approximate surface area is 101 Å². The fourth-order valence-electron chi connectivity index (χ4n) is 1.23. The minimum Gasteiger partial charge on any atom is -0.396 e. The van der Waals surface area contributed by atoms with Gasteiger partial charge in [-0.05, 0) is 37.8 Å². The molecule has 1 aromatic rings. The Morgan fingerprint density at radius 2 is 1.88 bits per heavy atom. The van der Waals surface area contributed by atoms with E-state index >= 15 is 0 Å². The lowest BCUT2D eigenvalue weighted by Crippen LogP contribution is -2.27. The van der Waals surface area contributed by atoms with Gasteiger partial charge in [-0.3, -0.25) is 0 Å². The highest BCUT2D eigenvalue weighted by Crippen LogP contribution is 2.21. The van der Waals surface area contributed by atoms with Gasteiger partial charge in [-0.25, -0.2) is 0 Å². The Kier molecular flexibility index (Phi) is 4.50. The first-order chi connectivity index (χ1) is 7.47. The van der Waals surface area contributed by atoms with Gasteiger partial charge >= 0.3 is 0 Å². The zero-order valence-corrected chi connectivity index (χ0v) is 10.8. The molecule has 0 saturated carbocycles. The lowest BCUT2D eigenvalue weighted by Gasteiger charge is -2.21. The summed E-state index contributed by atoms with van der Waals surface area (Å²) in [5, 5.41) is 20.6. The molecule has 1 heterocycles. The minimum atomic E-state index is 0.138. The van der Waals surface area contributed by atoms with Crippen molar-refractivity contribution in [1.82, 2.24) is 10.2 Å². The standard InChI is InChI=1S/C11H18ClN3O/c1-6(5-16)9(4)13-11-8(3)7(2)10(12)14-15-11/h6,9,16H,5H2,1-4H3,(H,13,15). The van der Waals surface area contributed by atoms with Crippen LogP contribution >= 0.6 is 11.6 Å². The highest BCUT2D eigenvalue weighted by Gasteiger charge is 2.14. The van der Waals surface area contributed by atoms with Gasteiger partial charge in [0.05, 0.1) is 0 Å². The molecule has 90 valence electrons. The molecule has 0 aliphatic rings. The molecule has 0 bridgehead atoms. The Bertz CT molecular complexity index is 370. The van der Waals surface area contributed by atoms with E-state index < -0.39 is 0 Å². The van der Waals surface area contributed by atoms with Crippen LogP contribution in [0, 0.1) is 19.8 Å². The second-order valence-electron chi connectivity index (χ2n) is 4.18. The van der Waals surface area contributed by atoms with Crippen LogP contribution in [0.1, 0.15) is 25.0 Å². The fraction of sp³-hybridized carbons (Fsp3) is 0.636. The van der Waals surface area contributed by atoms with Gasteiger partial charge in [-0.2, -0.15) is 0 Å². The Morgan fingerprint density at radius 3 is 2.44 bits per heavy atom. The molecule has 0 saturated heterocycles. The number of hydrogen-bond acceptors (Lipinski definition) is 4. The molecule has 0 aliphatic carbocycles. The molecule has 2 unspecified atom stereocenters. The van der Waals surface area contributed by atoms with E-state index in [4.69, 9.17) is 16.7 Å². The highest BCUT2D eigenvalue weighted by atomic mass is 35.5. The van der Waals surface area contributed by atoms with Crippen LogP contribution in [-0.4, -0.2) is 28.0 Å². The molecule has 1 rings (SSSR count). The zero-order valence-electron chi connectivity index (χ0n) is 10.1. The molecular formula is C11H18ClN3O. The van der Waals surface area contributed by atoms with Gasteiger partial charge in [-0.15, -0.1) is 10.2 Å². The van der Waals surface area contributed by atoms with E-state index in [1.54, 1.807) is 0 Å². The molecule has 2 N–H and O–H groups in total. The predicted octanol–water partition coefficient (Wildman–Crippen LogP) is 2.18. The lowest BCUT2D eigenvalue weighted by atomic mass is 10.0. The molecule has 0 amide bonds. The Hall–Kier alpha value is -0.870. The smallest absolute Gasteiger partial charge is 0.155 e. The van der Waals surface area contributed by atoms with E-state index in [0.29, 0.717) is 5.15 Å². The predicted molar refractivity (Wildman–Crippen MR) is 65.9 cm³/mol. The van der Waals surface area contributed by atoms with E-state index in [-0.39, 0.29) is 18.6 Å². The first kappa shape index (κ1) is 13.2. The third-order valence-electron chi connectivity index (χ3n) is 2.97. The normalized spacial score (nSPS) is 14.6. The van der Waals surface area contributed by atoms with Crippen molar-refractivity contribution >= 4 is 17.4 Å². The van der Waals surface area contributed by atoms with Crippen LogP contribution in [0.3, 0.4) is 0 Å². The van der Waals surface area contributed by atoms with Crippen LogP contribution < -0.4 is 5.32 Å². The maximum atomic E-state index is 9.05. The number of aromatic nitrogens is 2. The van der Waals surface area contributed by atoms with Crippen LogP contribution in [-0.2, 0) is 0 Å². The number of hydrogen-bond donors (Lipinski definition) is 2. The third-order valence-corrected chi connectivity index (χ3v) is 3.33. The fourth-order valence-corrected chi connectivity index (χ4v) is 1.41. The monoisotopic (exact) mass is 243 g/mol. The summed E-state index contributed by atoms with van der Waals surface area (Å²) in [5.74, 6) is 0.895. The summed E-state index contributed by atoms with van der Waals surface area (Å²) in [5.41, 5.74) is 1.93. The second-order valence-corrected chi connectivity index (χ2v) is 4.54. The Morgan fingerprint density at radius 1 is 1.25 bits per heavy atom. The quantitative estimate of drug-likeness (QED) is 0.851. The first-order valence-corrected chi connectivity index (χ1v) is 5.72. The van der Waals surface area contributed by atoms with Crippen molar-refractivity contribution in [2.45, 2.75) is 33.7 Å². The van der Waals surface area contributed by atoms with Crippen LogP contribution in [0.4, 0.5) is 5.82 Å². The summed E-state index contributed by atoms with van der Waals surface area (Å²) >= 11 is 5.87. The van der Waals surface area contributed by atoms with Crippen LogP contribution in [0.2, 0.25) is 5.15 Å². The van der Waals surface area contributed by atoms with Crippen molar-refractivity contribution in [1.29, 1.82) is 0 Å². The SMILES string of the molecule is Cc1c(Cl)nnc(NC(C)C(C)CO)c1C. The van der Waals surface area contributed by atoms with E-state index in [2.05, 4.69) is 15.5 Å². The number of anilines is 1. The topological polar surface area (TPSA) is 58.0 Å². The van der Waals surface area contributed by atoms with Crippen molar-refractivity contribution in [2.24, 2.45) is 5.92 Å². The lowest BCUT2D eigenvalue weighted by molar-refractivity contribution is 0.226. The number of rotatable bonds is 4. The van der Waals surface area contributed by atoms with Crippen LogP contribution in [0.15, 0.2) is 0 Å². The first-order valence-electron chi connectivity index (χ1n) is 5.34. The van der Waals surface area contributed by atoms with Crippen LogP contribution in [0.5, 0.6) is 0 Å². The molecule has 5 heteroatoms. The van der Waals surface area contributed by atoms with Gasteiger partial charge in [0.15, 0.2) is 11.0 Å². The molecule has 4 nitrogen and oxygen atoms in total. The number of nitrogens with one attached hydrogen (secondary N) is 1. The number of nitrogens with zero attached hydrogens (tertiary/aromatic N) is 2. The summed E-state index contributed by atoms with van der Waals surface area (Å²) in [6.07, 6.45) is 0. The molecule has 0 radical (unpaired) electrons. The van der Waals surface area contributed by atoms with Gasteiger partial charge in [0, 0.05) is 12.6 Å². The summed E-state index contributed by atoms with van der Waals surface area (Å²) in [7, 11) is 0. The molecule has 1 aromatic heterocycles. The van der Waals surface area contributed by atoms with Gasteiger partial charge in [-0.1, -0.05) is 18.5 Å². The molecular weight excluding hydrogens is 226 g/mol. The van der Waals surface area contributed by atoms with Crippen molar-refractivity contribution in [3.05, 3.63) is 16.3 Å². The van der Waals surface area contributed by atoms with Crippen molar-refractivity contribution < 1.29 is 5.11 Å². The molecule has 0 fully saturated rings. The maximum Gasteiger partial charge on any atom is 0.155 e. The van der Waals surface area contributed by atoms with Crippen molar-refractivity contribution in [2.75, 3.05) is 11.9 Å². The van der Waals surface area contributed by atoms with Gasteiger partial charge < -0.3 is 10.4 Å². The highest BCUT2D eigenvalue weighted by molar-refractivity contribution is 6.30. The summed E-state index contributed by atoms with van der Waals surface area (Å²) in [4.78, 5) is 0. The van der Waals surface area contributed by atoms with E-state index in [1.165, 1.54) is 0 Å². The van der Waals surface area contributed by atoms with E-state index in [0.717, 1.165) is 16.9 Å². The summed E-state index contributed by atoms with van der Waals surface area (Å²) in [6.45, 7) is 7.99. The van der Waals surface area contributed by atoms with Gasteiger partial charge in [0.25, 0.3) is 0 Å². The molecule has 2 atom stereocenters. The molecule has 0 aliphatic heterocycles. The van der Waals surface area contributed by atoms with Crippen molar-refractivity contribution in [3.63, 3.8) is 0 Å². The summed E-state index contributed by atoms with van der Waals surface area (Å²) < 4.78 is 0. The average Bonchev–Trinajstić information content (AvgIpc) is 2.28. The average molecular weight is 244 g/mol. The van der Waals surface area contributed by atoms with Crippen LogP contribution in [0.25, 0.3) is 0 Å². The van der Waals surface area contributed by atoms with Crippen molar-refractivity contribution in [3.8, 4) is 0 Å². The van der Waals surface area contributed by atoms with E-state index in [9.17, 15) is 0 Å². The van der Waals surface area contributed by atoms with E-state index in [1.807, 2.05) is 27.7 Å². The molecule has 0 aromatic carbocycles. The van der Waals surface area contributed by atoms with Gasteiger partial charge in [0.1, 0.15) is 0 Å². The molecule has 0 spiro atoms. The Balaban J connectivity index is 2.86. The van der Waals surface area contributed by atoms with Gasteiger partial charge in [0.2, 0.25) is 0 Å². The zero-order chi connectivity index (χ0) is 12.3. The number of aliphatic hydroxyl groups is 1. The third kappa shape index (κ3) is 2.83. The number of aliphatic hydroxyl groups excluding tert-OH is 1. The minimum absolute atomic E-state index is 0.138. The maximum absolute atomic E-state index is 9.05. The summed E-state index contributed by atoms with van der Waals surface area (Å²) in [6, 6.07) is 0.138.